The summed E-state index contributed by atoms with van der Waals surface area (Å²) in [7, 11) is 0. The molecule has 90 valence electrons. The fourth-order valence-corrected chi connectivity index (χ4v) is 4.01. The fraction of sp³-hybridized carbons (Fsp3) is 0.667. The van der Waals surface area contributed by atoms with E-state index in [2.05, 4.69) is 12.2 Å². The highest BCUT2D eigenvalue weighted by atomic mass is 35.5. The Morgan fingerprint density at radius 3 is 2.56 bits per heavy atom. The van der Waals surface area contributed by atoms with Gasteiger partial charge in [0.1, 0.15) is 0 Å². The normalized spacial score (nSPS) is 19.9. The lowest BCUT2D eigenvalue weighted by Crippen LogP contribution is -2.33. The number of nitrogens with one attached hydrogen (secondary N) is 1. The van der Waals surface area contributed by atoms with Gasteiger partial charge < -0.3 is 5.32 Å². The number of halogens is 2. The summed E-state index contributed by atoms with van der Waals surface area (Å²) in [6, 6.07) is 2.94. The monoisotopic (exact) mass is 277 g/mol. The maximum Gasteiger partial charge on any atom is 0.0991 e. The van der Waals surface area contributed by atoms with Gasteiger partial charge in [-0.25, -0.2) is 0 Å². The smallest absolute Gasteiger partial charge is 0.0991 e. The van der Waals surface area contributed by atoms with Crippen molar-refractivity contribution >= 4 is 34.5 Å². The van der Waals surface area contributed by atoms with Crippen LogP contribution in [-0.2, 0) is 0 Å². The molecule has 1 atom stereocenters. The Kier molecular flexibility index (Phi) is 4.54. The third-order valence-electron chi connectivity index (χ3n) is 3.24. The molecule has 0 bridgehead atoms. The first-order valence-electron chi connectivity index (χ1n) is 5.87. The predicted molar refractivity (Wildman–Crippen MR) is 72.8 cm³/mol. The summed E-state index contributed by atoms with van der Waals surface area (Å²) >= 11 is 13.6. The van der Waals surface area contributed by atoms with Crippen LogP contribution < -0.4 is 5.32 Å². The minimum Gasteiger partial charge on any atom is -0.307 e. The van der Waals surface area contributed by atoms with Gasteiger partial charge in [0.05, 0.1) is 8.67 Å². The number of thiophene rings is 1. The zero-order valence-electron chi connectivity index (χ0n) is 9.43. The number of hydrogen-bond acceptors (Lipinski definition) is 2. The van der Waals surface area contributed by atoms with Crippen molar-refractivity contribution in [2.75, 3.05) is 0 Å². The van der Waals surface area contributed by atoms with E-state index in [1.807, 2.05) is 6.07 Å². The van der Waals surface area contributed by atoms with Crippen LogP contribution in [0.25, 0.3) is 0 Å². The van der Waals surface area contributed by atoms with E-state index < -0.39 is 0 Å². The molecule has 1 fully saturated rings. The summed E-state index contributed by atoms with van der Waals surface area (Å²) in [5.74, 6) is 0. The van der Waals surface area contributed by atoms with Gasteiger partial charge in [-0.15, -0.1) is 11.3 Å². The van der Waals surface area contributed by atoms with Gasteiger partial charge in [-0.1, -0.05) is 42.5 Å². The van der Waals surface area contributed by atoms with Gasteiger partial charge in [-0.3, -0.25) is 0 Å². The zero-order chi connectivity index (χ0) is 11.5. The third-order valence-corrected chi connectivity index (χ3v) is 4.76. The maximum absolute atomic E-state index is 6.15. The van der Waals surface area contributed by atoms with Crippen LogP contribution in [0.3, 0.4) is 0 Å². The van der Waals surface area contributed by atoms with Crippen molar-refractivity contribution in [3.05, 3.63) is 20.3 Å². The molecule has 4 heteroatoms. The molecule has 0 spiro atoms. The number of rotatable bonds is 3. The lowest BCUT2D eigenvalue weighted by molar-refractivity contribution is 0.347. The first kappa shape index (κ1) is 12.7. The van der Waals surface area contributed by atoms with Crippen LogP contribution in [-0.4, -0.2) is 6.04 Å². The van der Waals surface area contributed by atoms with Crippen molar-refractivity contribution in [2.24, 2.45) is 0 Å². The van der Waals surface area contributed by atoms with E-state index in [0.717, 1.165) is 14.2 Å². The van der Waals surface area contributed by atoms with Crippen LogP contribution in [0.1, 0.15) is 50.6 Å². The Hall–Kier alpha value is 0.240. The Morgan fingerprint density at radius 1 is 1.31 bits per heavy atom. The lowest BCUT2D eigenvalue weighted by Gasteiger charge is -2.26. The van der Waals surface area contributed by atoms with E-state index in [-0.39, 0.29) is 0 Å². The third kappa shape index (κ3) is 3.13. The van der Waals surface area contributed by atoms with E-state index in [1.54, 1.807) is 0 Å². The van der Waals surface area contributed by atoms with Gasteiger partial charge in [0.15, 0.2) is 0 Å². The van der Waals surface area contributed by atoms with Crippen molar-refractivity contribution in [1.82, 2.24) is 5.32 Å². The second-order valence-electron chi connectivity index (χ2n) is 4.50. The summed E-state index contributed by atoms with van der Waals surface area (Å²) in [6.07, 6.45) is 6.67. The van der Waals surface area contributed by atoms with E-state index in [9.17, 15) is 0 Å². The van der Waals surface area contributed by atoms with Crippen molar-refractivity contribution in [1.29, 1.82) is 0 Å². The molecule has 0 aromatic carbocycles. The van der Waals surface area contributed by atoms with E-state index in [1.165, 1.54) is 43.4 Å². The molecule has 1 saturated carbocycles. The average molecular weight is 278 g/mol. The Morgan fingerprint density at radius 2 is 2.00 bits per heavy atom. The topological polar surface area (TPSA) is 12.0 Å². The predicted octanol–water partition coefficient (Wildman–Crippen LogP) is 5.04. The van der Waals surface area contributed by atoms with Gasteiger partial charge in [0.2, 0.25) is 0 Å². The van der Waals surface area contributed by atoms with Gasteiger partial charge in [-0.05, 0) is 31.4 Å². The summed E-state index contributed by atoms with van der Waals surface area (Å²) in [5.41, 5.74) is 1.14. The van der Waals surface area contributed by atoms with Crippen molar-refractivity contribution in [2.45, 2.75) is 51.1 Å². The highest BCUT2D eigenvalue weighted by Gasteiger charge is 2.19. The Labute approximate surface area is 111 Å². The van der Waals surface area contributed by atoms with Crippen molar-refractivity contribution in [3.63, 3.8) is 0 Å². The van der Waals surface area contributed by atoms with Crippen LogP contribution in [0, 0.1) is 0 Å². The van der Waals surface area contributed by atoms with Crippen LogP contribution in [0.4, 0.5) is 0 Å². The van der Waals surface area contributed by atoms with Gasteiger partial charge in [-0.2, -0.15) is 0 Å². The van der Waals surface area contributed by atoms with Crippen LogP contribution >= 0.6 is 34.5 Å². The summed E-state index contributed by atoms with van der Waals surface area (Å²) in [5, 5.41) is 3.65. The Bertz CT molecular complexity index is 345. The van der Waals surface area contributed by atoms with Crippen molar-refractivity contribution < 1.29 is 0 Å². The molecule has 1 nitrogen and oxygen atoms in total. The molecular formula is C12H17Cl2NS. The molecule has 1 unspecified atom stereocenters. The fourth-order valence-electron chi connectivity index (χ4n) is 2.36. The van der Waals surface area contributed by atoms with Crippen LogP contribution in [0.15, 0.2) is 6.07 Å². The molecule has 0 radical (unpaired) electrons. The molecule has 0 amide bonds. The van der Waals surface area contributed by atoms with E-state index >= 15 is 0 Å². The SMILES string of the molecule is CC(NC1CCCCC1)c1cc(Cl)sc1Cl. The zero-order valence-corrected chi connectivity index (χ0v) is 11.8. The number of hydrogen-bond donors (Lipinski definition) is 1. The molecule has 1 aromatic rings. The lowest BCUT2D eigenvalue weighted by atomic mass is 9.94. The van der Waals surface area contributed by atoms with Gasteiger partial charge >= 0.3 is 0 Å². The molecule has 0 saturated heterocycles. The standard InChI is InChI=1S/C12H17Cl2NS/c1-8(10-7-11(13)16-12(10)14)15-9-5-3-2-4-6-9/h7-9,15H,2-6H2,1H3. The molecular weight excluding hydrogens is 261 g/mol. The first-order valence-corrected chi connectivity index (χ1v) is 7.45. The Balaban J connectivity index is 1.96. The van der Waals surface area contributed by atoms with Crippen LogP contribution in [0.2, 0.25) is 8.67 Å². The molecule has 2 rings (SSSR count). The minimum atomic E-state index is 0.305. The van der Waals surface area contributed by atoms with Crippen LogP contribution in [0.5, 0.6) is 0 Å². The molecule has 1 aliphatic rings. The summed E-state index contributed by atoms with van der Waals surface area (Å²) < 4.78 is 1.60. The molecule has 1 heterocycles. The molecule has 1 N–H and O–H groups in total. The largest absolute Gasteiger partial charge is 0.307 e. The highest BCUT2D eigenvalue weighted by Crippen LogP contribution is 2.35. The second kappa shape index (κ2) is 5.72. The quantitative estimate of drug-likeness (QED) is 0.816. The maximum atomic E-state index is 6.15. The van der Waals surface area contributed by atoms with Gasteiger partial charge in [0.25, 0.3) is 0 Å². The summed E-state index contributed by atoms with van der Waals surface area (Å²) in [6.45, 7) is 2.17. The van der Waals surface area contributed by atoms with E-state index in [0.29, 0.717) is 12.1 Å². The summed E-state index contributed by atoms with van der Waals surface area (Å²) in [4.78, 5) is 0. The van der Waals surface area contributed by atoms with Crippen molar-refractivity contribution in [3.8, 4) is 0 Å². The highest BCUT2D eigenvalue weighted by molar-refractivity contribution is 7.20. The second-order valence-corrected chi connectivity index (χ2v) is 6.79. The molecule has 1 aromatic heterocycles. The van der Waals surface area contributed by atoms with Gasteiger partial charge in [0, 0.05) is 12.1 Å². The molecule has 16 heavy (non-hydrogen) atoms. The molecule has 1 aliphatic carbocycles. The minimum absolute atomic E-state index is 0.305. The average Bonchev–Trinajstić information content (AvgIpc) is 2.59. The molecule has 0 aliphatic heterocycles. The first-order chi connectivity index (χ1) is 7.66. The van der Waals surface area contributed by atoms with E-state index in [4.69, 9.17) is 23.2 Å².